The fourth-order valence-corrected chi connectivity index (χ4v) is 3.17. The number of aromatic nitrogens is 2. The molecule has 2 aromatic rings. The Hall–Kier alpha value is -3.27. The molecule has 9 nitrogen and oxygen atoms in total. The molecular weight excluding hydrogens is 370 g/mol. The first-order valence-electron chi connectivity index (χ1n) is 7.96. The van der Waals surface area contributed by atoms with Crippen LogP contribution in [0.15, 0.2) is 40.4 Å². The van der Waals surface area contributed by atoms with Gasteiger partial charge in [0.2, 0.25) is 11.6 Å². The Morgan fingerprint density at radius 1 is 1.37 bits per heavy atom. The number of carbonyl (C=O) groups is 1. The molecule has 1 aromatic carbocycles. The van der Waals surface area contributed by atoms with Crippen LogP contribution in [0.1, 0.15) is 12.5 Å². The molecular formula is C17H17N5O4S. The third-order valence-corrected chi connectivity index (χ3v) is 4.34. The van der Waals surface area contributed by atoms with E-state index in [4.69, 9.17) is 20.6 Å². The van der Waals surface area contributed by atoms with Crippen LogP contribution in [-0.4, -0.2) is 34.6 Å². The van der Waals surface area contributed by atoms with E-state index in [-0.39, 0.29) is 16.8 Å². The smallest absolute Gasteiger partial charge is 0.272 e. The van der Waals surface area contributed by atoms with Crippen molar-refractivity contribution < 1.29 is 18.9 Å². The molecule has 1 fully saturated rings. The number of hydrogen-bond donors (Lipinski definition) is 2. The Morgan fingerprint density at radius 3 is 2.85 bits per heavy atom. The topological polar surface area (TPSA) is 128 Å². The van der Waals surface area contributed by atoms with E-state index in [1.807, 2.05) is 6.92 Å². The zero-order valence-corrected chi connectivity index (χ0v) is 15.3. The number of rotatable bonds is 7. The van der Waals surface area contributed by atoms with Gasteiger partial charge in [-0.15, -0.1) is 0 Å². The minimum atomic E-state index is -0.433. The quantitative estimate of drug-likeness (QED) is 0.548. The Bertz CT molecular complexity index is 924. The van der Waals surface area contributed by atoms with Gasteiger partial charge in [-0.1, -0.05) is 18.7 Å². The highest BCUT2D eigenvalue weighted by Crippen LogP contribution is 2.37. The van der Waals surface area contributed by atoms with E-state index in [1.165, 1.54) is 0 Å². The molecule has 3 N–H and O–H groups in total. The SMILES string of the molecule is C=CCOc1ccc(/C=C2/SC(=N)N(c3nonc3N)C2=O)cc1OCC. The molecule has 0 unspecified atom stereocenters. The summed E-state index contributed by atoms with van der Waals surface area (Å²) >= 11 is 0.991. The van der Waals surface area contributed by atoms with Gasteiger partial charge >= 0.3 is 0 Å². The summed E-state index contributed by atoms with van der Waals surface area (Å²) in [6.45, 7) is 6.31. The average Bonchev–Trinajstić information content (AvgIpc) is 3.17. The molecule has 1 amide bonds. The first-order valence-corrected chi connectivity index (χ1v) is 8.78. The standard InChI is InChI=1S/C17H17N5O4S/c1-3-7-25-11-6-5-10(8-12(11)24-4-2)9-13-16(23)22(17(19)27-13)15-14(18)20-26-21-15/h3,5-6,8-9,19H,1,4,7H2,2H3,(H2,18,20)/b13-9+,19-17?. The number of ether oxygens (including phenoxy) is 2. The molecule has 0 atom stereocenters. The lowest BCUT2D eigenvalue weighted by atomic mass is 10.2. The molecule has 0 saturated carbocycles. The van der Waals surface area contributed by atoms with Gasteiger partial charge in [-0.2, -0.15) is 0 Å². The van der Waals surface area contributed by atoms with Crippen LogP contribution in [0.5, 0.6) is 11.5 Å². The zero-order valence-electron chi connectivity index (χ0n) is 14.5. The number of hydrogen-bond acceptors (Lipinski definition) is 9. The second-order valence-electron chi connectivity index (χ2n) is 5.27. The van der Waals surface area contributed by atoms with E-state index in [9.17, 15) is 4.79 Å². The van der Waals surface area contributed by atoms with E-state index in [0.29, 0.717) is 29.6 Å². The molecule has 140 valence electrons. The van der Waals surface area contributed by atoms with Gasteiger partial charge < -0.3 is 15.2 Å². The number of benzene rings is 1. The molecule has 0 aliphatic carbocycles. The number of nitrogen functional groups attached to an aromatic ring is 1. The average molecular weight is 387 g/mol. The van der Waals surface area contributed by atoms with Crippen molar-refractivity contribution in [3.63, 3.8) is 0 Å². The number of anilines is 2. The predicted molar refractivity (Wildman–Crippen MR) is 103 cm³/mol. The van der Waals surface area contributed by atoms with Gasteiger partial charge in [-0.25, -0.2) is 9.53 Å². The van der Waals surface area contributed by atoms with Gasteiger partial charge in [0, 0.05) is 0 Å². The van der Waals surface area contributed by atoms with Crippen molar-refractivity contribution in [3.8, 4) is 11.5 Å². The van der Waals surface area contributed by atoms with Gasteiger partial charge in [0.25, 0.3) is 5.91 Å². The van der Waals surface area contributed by atoms with Crippen molar-refractivity contribution in [2.45, 2.75) is 6.92 Å². The van der Waals surface area contributed by atoms with E-state index in [0.717, 1.165) is 22.2 Å². The number of nitrogens with two attached hydrogens (primary N) is 1. The number of nitrogens with one attached hydrogen (secondary N) is 1. The summed E-state index contributed by atoms with van der Waals surface area (Å²) in [5.41, 5.74) is 6.35. The summed E-state index contributed by atoms with van der Waals surface area (Å²) in [7, 11) is 0. The lowest BCUT2D eigenvalue weighted by molar-refractivity contribution is -0.113. The summed E-state index contributed by atoms with van der Waals surface area (Å²) in [4.78, 5) is 14.0. The van der Waals surface area contributed by atoms with E-state index in [1.54, 1.807) is 30.4 Å². The highest BCUT2D eigenvalue weighted by Gasteiger charge is 2.37. The number of amidine groups is 1. The predicted octanol–water partition coefficient (Wildman–Crippen LogP) is 2.67. The molecule has 10 heteroatoms. The number of thioether (sulfide) groups is 1. The lowest BCUT2D eigenvalue weighted by Gasteiger charge is -2.11. The highest BCUT2D eigenvalue weighted by molar-refractivity contribution is 8.19. The molecule has 1 saturated heterocycles. The van der Waals surface area contributed by atoms with E-state index in [2.05, 4.69) is 21.5 Å². The van der Waals surface area contributed by atoms with Crippen molar-refractivity contribution in [1.29, 1.82) is 5.41 Å². The van der Waals surface area contributed by atoms with E-state index >= 15 is 0 Å². The maximum Gasteiger partial charge on any atom is 0.272 e. The largest absolute Gasteiger partial charge is 0.490 e. The lowest BCUT2D eigenvalue weighted by Crippen LogP contribution is -2.29. The van der Waals surface area contributed by atoms with Crippen LogP contribution in [0, 0.1) is 5.41 Å². The molecule has 2 heterocycles. The Balaban J connectivity index is 1.89. The molecule has 3 rings (SSSR count). The summed E-state index contributed by atoms with van der Waals surface area (Å²) in [6, 6.07) is 5.31. The molecule has 0 bridgehead atoms. The van der Waals surface area contributed by atoms with Crippen LogP contribution >= 0.6 is 11.8 Å². The normalized spacial score (nSPS) is 15.4. The van der Waals surface area contributed by atoms with Crippen molar-refractivity contribution in [2.24, 2.45) is 0 Å². The molecule has 1 aromatic heterocycles. The van der Waals surface area contributed by atoms with E-state index < -0.39 is 5.91 Å². The monoisotopic (exact) mass is 387 g/mol. The first kappa shape index (κ1) is 18.5. The molecule has 1 aliphatic rings. The van der Waals surface area contributed by atoms with Crippen molar-refractivity contribution in [2.75, 3.05) is 23.8 Å². The fourth-order valence-electron chi connectivity index (χ4n) is 2.33. The second kappa shape index (κ2) is 7.96. The number of nitrogens with zero attached hydrogens (tertiary/aromatic N) is 3. The van der Waals surface area contributed by atoms with Crippen LogP contribution in [0.4, 0.5) is 11.6 Å². The van der Waals surface area contributed by atoms with Crippen LogP contribution in [0.25, 0.3) is 6.08 Å². The summed E-state index contributed by atoms with van der Waals surface area (Å²) < 4.78 is 15.7. The van der Waals surface area contributed by atoms with Crippen LogP contribution in [0.2, 0.25) is 0 Å². The Labute approximate surface area is 159 Å². The summed E-state index contributed by atoms with van der Waals surface area (Å²) in [6.07, 6.45) is 3.30. The van der Waals surface area contributed by atoms with Crippen molar-refractivity contribution in [3.05, 3.63) is 41.3 Å². The Morgan fingerprint density at radius 2 is 2.19 bits per heavy atom. The van der Waals surface area contributed by atoms with Crippen molar-refractivity contribution in [1.82, 2.24) is 10.3 Å². The third kappa shape index (κ3) is 3.80. The summed E-state index contributed by atoms with van der Waals surface area (Å²) in [5.74, 6) is 0.653. The molecule has 0 radical (unpaired) electrons. The van der Waals surface area contributed by atoms with Crippen LogP contribution < -0.4 is 20.1 Å². The third-order valence-electron chi connectivity index (χ3n) is 3.45. The minimum absolute atomic E-state index is 0.00378. The van der Waals surface area contributed by atoms with Gasteiger partial charge in [-0.05, 0) is 52.8 Å². The fraction of sp³-hybridized carbons (Fsp3) is 0.176. The summed E-state index contributed by atoms with van der Waals surface area (Å²) in [5, 5.41) is 15.0. The van der Waals surface area contributed by atoms with Gasteiger partial charge in [0.05, 0.1) is 11.5 Å². The van der Waals surface area contributed by atoms with Gasteiger partial charge in [0.1, 0.15) is 6.61 Å². The maximum atomic E-state index is 12.7. The van der Waals surface area contributed by atoms with Crippen LogP contribution in [-0.2, 0) is 4.79 Å². The van der Waals surface area contributed by atoms with Gasteiger partial charge in [0.15, 0.2) is 16.7 Å². The minimum Gasteiger partial charge on any atom is -0.490 e. The number of amides is 1. The molecule has 27 heavy (non-hydrogen) atoms. The first-order chi connectivity index (χ1) is 13.0. The molecule has 1 aliphatic heterocycles. The van der Waals surface area contributed by atoms with Crippen molar-refractivity contribution >= 4 is 40.5 Å². The number of carbonyl (C=O) groups excluding carboxylic acids is 1. The highest BCUT2D eigenvalue weighted by atomic mass is 32.2. The van der Waals surface area contributed by atoms with Gasteiger partial charge in [-0.3, -0.25) is 10.2 Å². The Kier molecular flexibility index (Phi) is 5.46. The zero-order chi connectivity index (χ0) is 19.4. The second-order valence-corrected chi connectivity index (χ2v) is 6.30. The van der Waals surface area contributed by atoms with Crippen LogP contribution in [0.3, 0.4) is 0 Å². The maximum absolute atomic E-state index is 12.7. The molecule has 0 spiro atoms.